The number of nitrogens with two attached hydrogens (primary N) is 1. The highest BCUT2D eigenvalue weighted by atomic mass is 15.4. The van der Waals surface area contributed by atoms with Crippen LogP contribution in [-0.4, -0.2) is 17.9 Å². The summed E-state index contributed by atoms with van der Waals surface area (Å²) in [5.41, 5.74) is 6.50. The van der Waals surface area contributed by atoms with Crippen LogP contribution in [0.4, 0.5) is 5.69 Å². The highest BCUT2D eigenvalue weighted by Crippen LogP contribution is 2.08. The number of benzene rings is 1. The fourth-order valence-electron chi connectivity index (χ4n) is 1.63. The number of nitrogens with one attached hydrogen (secondary N) is 3. The van der Waals surface area contributed by atoms with Crippen LogP contribution in [0, 0.1) is 0 Å². The van der Waals surface area contributed by atoms with Gasteiger partial charge in [0.2, 0.25) is 0 Å². The first-order valence-corrected chi connectivity index (χ1v) is 5.26. The molecule has 5 N–H and O–H groups in total. The minimum atomic E-state index is -0.387. The number of nitrogens with zero attached hydrogens (tertiary/aromatic N) is 1. The summed E-state index contributed by atoms with van der Waals surface area (Å²) in [5, 5.41) is 9.52. The molecule has 1 aliphatic rings. The second-order valence-corrected chi connectivity index (χ2v) is 4.31. The van der Waals surface area contributed by atoms with Crippen molar-refractivity contribution >= 4 is 11.6 Å². The molecule has 2 rings (SSSR count). The van der Waals surface area contributed by atoms with Gasteiger partial charge in [-0.05, 0) is 26.0 Å². The predicted octanol–water partition coefficient (Wildman–Crippen LogP) is 0.626. The smallest absolute Gasteiger partial charge is 0.200 e. The molecule has 0 fully saturated rings. The van der Waals surface area contributed by atoms with Gasteiger partial charge in [-0.1, -0.05) is 18.2 Å². The van der Waals surface area contributed by atoms with Crippen molar-refractivity contribution in [3.63, 3.8) is 0 Å². The van der Waals surface area contributed by atoms with Crippen molar-refractivity contribution in [1.82, 2.24) is 10.6 Å². The van der Waals surface area contributed by atoms with Gasteiger partial charge in [-0.2, -0.15) is 0 Å². The minimum absolute atomic E-state index is 0.266. The first-order valence-electron chi connectivity index (χ1n) is 5.26. The molecule has 5 nitrogen and oxygen atoms in total. The fraction of sp³-hybridized carbons (Fsp3) is 0.364. The SMILES string of the molecule is CC1(C)NC(Nc2ccccc2)=NC(N)N1. The number of anilines is 1. The lowest BCUT2D eigenvalue weighted by Crippen LogP contribution is -2.64. The van der Waals surface area contributed by atoms with Crippen molar-refractivity contribution in [3.8, 4) is 0 Å². The molecule has 0 spiro atoms. The van der Waals surface area contributed by atoms with E-state index in [1.165, 1.54) is 0 Å². The Hall–Kier alpha value is -1.59. The van der Waals surface area contributed by atoms with Gasteiger partial charge in [0.1, 0.15) is 0 Å². The van der Waals surface area contributed by atoms with Crippen LogP contribution in [-0.2, 0) is 0 Å². The van der Waals surface area contributed by atoms with Crippen LogP contribution < -0.4 is 21.7 Å². The van der Waals surface area contributed by atoms with Gasteiger partial charge in [0.25, 0.3) is 0 Å². The number of aliphatic imine (C=N–C) groups is 1. The second-order valence-electron chi connectivity index (χ2n) is 4.31. The number of para-hydroxylation sites is 1. The highest BCUT2D eigenvalue weighted by Gasteiger charge is 2.25. The lowest BCUT2D eigenvalue weighted by molar-refractivity contribution is 0.299. The van der Waals surface area contributed by atoms with Gasteiger partial charge in [0.05, 0.1) is 5.66 Å². The molecule has 0 aliphatic carbocycles. The molecule has 16 heavy (non-hydrogen) atoms. The molecule has 0 radical (unpaired) electrons. The normalized spacial score (nSPS) is 23.2. The van der Waals surface area contributed by atoms with Gasteiger partial charge in [-0.3, -0.25) is 11.1 Å². The molecule has 1 heterocycles. The molecule has 0 saturated carbocycles. The van der Waals surface area contributed by atoms with E-state index in [0.717, 1.165) is 5.69 Å². The molecule has 0 saturated heterocycles. The molecular weight excluding hydrogens is 202 g/mol. The van der Waals surface area contributed by atoms with Crippen LogP contribution in [0.25, 0.3) is 0 Å². The first kappa shape index (κ1) is 10.9. The Balaban J connectivity index is 2.11. The summed E-state index contributed by atoms with van der Waals surface area (Å²) in [7, 11) is 0. The van der Waals surface area contributed by atoms with E-state index in [9.17, 15) is 0 Å². The Bertz CT molecular complexity index is 385. The van der Waals surface area contributed by atoms with E-state index in [4.69, 9.17) is 5.73 Å². The molecule has 1 aliphatic heterocycles. The minimum Gasteiger partial charge on any atom is -0.338 e. The van der Waals surface area contributed by atoms with Crippen LogP contribution in [0.15, 0.2) is 35.3 Å². The van der Waals surface area contributed by atoms with Crippen LogP contribution in [0.3, 0.4) is 0 Å². The van der Waals surface area contributed by atoms with Crippen molar-refractivity contribution in [3.05, 3.63) is 30.3 Å². The Labute approximate surface area is 95.1 Å². The van der Waals surface area contributed by atoms with E-state index in [1.807, 2.05) is 44.2 Å². The van der Waals surface area contributed by atoms with E-state index in [1.54, 1.807) is 0 Å². The lowest BCUT2D eigenvalue weighted by atomic mass is 10.2. The number of rotatable bonds is 1. The standard InChI is InChI=1S/C11H17N5/c1-11(2)15-9(12)14-10(16-11)13-8-6-4-3-5-7-8/h3-7,9,15H,12H2,1-2H3,(H2,13,14,16). The summed E-state index contributed by atoms with van der Waals surface area (Å²) in [4.78, 5) is 4.23. The predicted molar refractivity (Wildman–Crippen MR) is 65.8 cm³/mol. The molecule has 0 aromatic heterocycles. The fourth-order valence-corrected chi connectivity index (χ4v) is 1.63. The van der Waals surface area contributed by atoms with E-state index < -0.39 is 0 Å². The number of hydrogen-bond donors (Lipinski definition) is 4. The van der Waals surface area contributed by atoms with Gasteiger partial charge < -0.3 is 10.6 Å². The third-order valence-electron chi connectivity index (χ3n) is 2.24. The third kappa shape index (κ3) is 2.71. The lowest BCUT2D eigenvalue weighted by Gasteiger charge is -2.35. The summed E-state index contributed by atoms with van der Waals surface area (Å²) in [5.74, 6) is 0.683. The van der Waals surface area contributed by atoms with Gasteiger partial charge in [0.15, 0.2) is 12.2 Å². The van der Waals surface area contributed by atoms with Crippen LogP contribution >= 0.6 is 0 Å². The average Bonchev–Trinajstić information content (AvgIpc) is 2.15. The number of guanidine groups is 1. The zero-order valence-electron chi connectivity index (χ0n) is 9.49. The highest BCUT2D eigenvalue weighted by molar-refractivity contribution is 5.94. The second kappa shape index (κ2) is 4.11. The molecule has 1 unspecified atom stereocenters. The Morgan fingerprint density at radius 3 is 2.62 bits per heavy atom. The van der Waals surface area contributed by atoms with Gasteiger partial charge in [-0.25, -0.2) is 4.99 Å². The Morgan fingerprint density at radius 1 is 1.31 bits per heavy atom. The zero-order chi connectivity index (χ0) is 11.6. The third-order valence-corrected chi connectivity index (χ3v) is 2.24. The molecular formula is C11H17N5. The maximum atomic E-state index is 5.78. The molecule has 0 amide bonds. The molecule has 86 valence electrons. The van der Waals surface area contributed by atoms with Crippen molar-refractivity contribution in [2.45, 2.75) is 25.8 Å². The Morgan fingerprint density at radius 2 is 2.00 bits per heavy atom. The molecule has 1 aromatic carbocycles. The first-order chi connectivity index (χ1) is 7.55. The summed E-state index contributed by atoms with van der Waals surface area (Å²) in [6, 6.07) is 9.86. The van der Waals surface area contributed by atoms with Crippen LogP contribution in [0.5, 0.6) is 0 Å². The molecule has 5 heteroatoms. The molecule has 1 aromatic rings. The van der Waals surface area contributed by atoms with E-state index in [2.05, 4.69) is 20.9 Å². The van der Waals surface area contributed by atoms with Crippen LogP contribution in [0.1, 0.15) is 13.8 Å². The van der Waals surface area contributed by atoms with Crippen molar-refractivity contribution in [2.24, 2.45) is 10.7 Å². The zero-order valence-corrected chi connectivity index (χ0v) is 9.49. The van der Waals surface area contributed by atoms with Crippen molar-refractivity contribution in [1.29, 1.82) is 0 Å². The quantitative estimate of drug-likeness (QED) is 0.559. The maximum absolute atomic E-state index is 5.78. The average molecular weight is 219 g/mol. The van der Waals surface area contributed by atoms with Crippen LogP contribution in [0.2, 0.25) is 0 Å². The number of hydrogen-bond acceptors (Lipinski definition) is 5. The van der Waals surface area contributed by atoms with Crippen molar-refractivity contribution in [2.75, 3.05) is 5.32 Å². The molecule has 1 atom stereocenters. The summed E-state index contributed by atoms with van der Waals surface area (Å²) in [6.45, 7) is 4.02. The monoisotopic (exact) mass is 219 g/mol. The topological polar surface area (TPSA) is 74.5 Å². The summed E-state index contributed by atoms with van der Waals surface area (Å²) < 4.78 is 0. The van der Waals surface area contributed by atoms with Gasteiger partial charge >= 0.3 is 0 Å². The van der Waals surface area contributed by atoms with Gasteiger partial charge in [-0.15, -0.1) is 0 Å². The Kier molecular flexibility index (Phi) is 2.80. The maximum Gasteiger partial charge on any atom is 0.200 e. The van der Waals surface area contributed by atoms with Crippen molar-refractivity contribution < 1.29 is 0 Å². The molecule has 0 bridgehead atoms. The van der Waals surface area contributed by atoms with Gasteiger partial charge in [0, 0.05) is 5.69 Å². The largest absolute Gasteiger partial charge is 0.338 e. The van der Waals surface area contributed by atoms with E-state index >= 15 is 0 Å². The van der Waals surface area contributed by atoms with E-state index in [0.29, 0.717) is 5.96 Å². The summed E-state index contributed by atoms with van der Waals surface area (Å²) >= 11 is 0. The summed E-state index contributed by atoms with van der Waals surface area (Å²) in [6.07, 6.45) is -0.387. The van der Waals surface area contributed by atoms with E-state index in [-0.39, 0.29) is 12.0 Å².